The van der Waals surface area contributed by atoms with Crippen molar-refractivity contribution in [2.45, 2.75) is 51.9 Å². The van der Waals surface area contributed by atoms with Crippen molar-refractivity contribution >= 4 is 5.78 Å². The van der Waals surface area contributed by atoms with Crippen LogP contribution in [0.3, 0.4) is 0 Å². The number of carbonyl (C=O) groups excluding carboxylic acids is 1. The van der Waals surface area contributed by atoms with Gasteiger partial charge in [0.15, 0.2) is 11.6 Å². The van der Waals surface area contributed by atoms with Crippen LogP contribution in [-0.4, -0.2) is 36.0 Å². The van der Waals surface area contributed by atoms with E-state index in [2.05, 4.69) is 6.92 Å². The first-order valence-corrected chi connectivity index (χ1v) is 7.03. The molecule has 1 spiro atoms. The smallest absolute Gasteiger partial charge is 0.184 e. The first-order valence-electron chi connectivity index (χ1n) is 7.03. The van der Waals surface area contributed by atoms with Gasteiger partial charge in [0.05, 0.1) is 25.7 Å². The van der Waals surface area contributed by atoms with Crippen LogP contribution in [0.2, 0.25) is 0 Å². The Kier molecular flexibility index (Phi) is 2.73. The Bertz CT molecular complexity index is 445. The molecule has 1 heterocycles. The zero-order valence-electron chi connectivity index (χ0n) is 11.9. The van der Waals surface area contributed by atoms with E-state index in [1.54, 1.807) is 6.08 Å². The Balaban J connectivity index is 2.13. The summed E-state index contributed by atoms with van der Waals surface area (Å²) in [5.74, 6) is -0.775. The van der Waals surface area contributed by atoms with Crippen molar-refractivity contribution in [2.75, 3.05) is 13.2 Å². The summed E-state index contributed by atoms with van der Waals surface area (Å²) >= 11 is 0. The fourth-order valence-electron chi connectivity index (χ4n) is 4.06. The molecule has 0 amide bonds. The molecule has 0 aromatic carbocycles. The van der Waals surface area contributed by atoms with E-state index < -0.39 is 17.3 Å². The second-order valence-corrected chi connectivity index (χ2v) is 6.76. The van der Waals surface area contributed by atoms with Crippen LogP contribution >= 0.6 is 0 Å². The molecule has 2 aliphatic carbocycles. The Morgan fingerprint density at radius 1 is 1.26 bits per heavy atom. The SMILES string of the molecule is CC1(C)C2=CC(=O)CC3(OCCO3)[C@]2(C)CC[C@@H]1O. The second-order valence-electron chi connectivity index (χ2n) is 6.76. The maximum absolute atomic E-state index is 12.1. The number of ether oxygens (including phenoxy) is 2. The molecule has 3 aliphatic rings. The predicted octanol–water partition coefficient (Wildman–Crippen LogP) is 1.82. The molecule has 19 heavy (non-hydrogen) atoms. The average molecular weight is 266 g/mol. The summed E-state index contributed by atoms with van der Waals surface area (Å²) in [6.07, 6.45) is 3.09. The quantitative estimate of drug-likeness (QED) is 0.726. The summed E-state index contributed by atoms with van der Waals surface area (Å²) in [5.41, 5.74) is 0.253. The standard InChI is InChI=1S/C15H22O4/c1-13(2)11-8-10(16)9-15(18-6-7-19-15)14(11,3)5-4-12(13)17/h8,12,17H,4-7,9H2,1-3H3/t12-,14+/m0/s1. The van der Waals surface area contributed by atoms with Crippen LogP contribution in [0.5, 0.6) is 0 Å². The third-order valence-corrected chi connectivity index (χ3v) is 5.35. The van der Waals surface area contributed by atoms with Gasteiger partial charge in [0, 0.05) is 10.8 Å². The number of aliphatic hydroxyl groups excluding tert-OH is 1. The molecule has 1 saturated heterocycles. The zero-order chi connectivity index (χ0) is 13.9. The van der Waals surface area contributed by atoms with Crippen molar-refractivity contribution in [2.24, 2.45) is 10.8 Å². The van der Waals surface area contributed by atoms with Crippen LogP contribution in [0.25, 0.3) is 0 Å². The molecular formula is C15H22O4. The molecule has 4 nitrogen and oxygen atoms in total. The maximum atomic E-state index is 12.1. The summed E-state index contributed by atoms with van der Waals surface area (Å²) in [6, 6.07) is 0. The first kappa shape index (κ1) is 13.3. The monoisotopic (exact) mass is 266 g/mol. The molecule has 2 atom stereocenters. The fraction of sp³-hybridized carbons (Fsp3) is 0.800. The van der Waals surface area contributed by atoms with Crippen LogP contribution in [-0.2, 0) is 14.3 Å². The highest BCUT2D eigenvalue weighted by Crippen LogP contribution is 2.60. The van der Waals surface area contributed by atoms with Gasteiger partial charge >= 0.3 is 0 Å². The van der Waals surface area contributed by atoms with Crippen LogP contribution < -0.4 is 0 Å². The maximum Gasteiger partial charge on any atom is 0.184 e. The van der Waals surface area contributed by atoms with Gasteiger partial charge in [-0.15, -0.1) is 0 Å². The van der Waals surface area contributed by atoms with Gasteiger partial charge in [-0.05, 0) is 24.5 Å². The minimum atomic E-state index is -0.814. The summed E-state index contributed by atoms with van der Waals surface area (Å²) in [4.78, 5) is 12.1. The van der Waals surface area contributed by atoms with E-state index in [0.717, 1.165) is 12.0 Å². The molecule has 0 aromatic rings. The molecule has 0 radical (unpaired) electrons. The highest BCUT2D eigenvalue weighted by molar-refractivity contribution is 5.93. The van der Waals surface area contributed by atoms with Crippen molar-refractivity contribution < 1.29 is 19.4 Å². The average Bonchev–Trinajstić information content (AvgIpc) is 2.79. The van der Waals surface area contributed by atoms with Crippen LogP contribution in [0.4, 0.5) is 0 Å². The lowest BCUT2D eigenvalue weighted by molar-refractivity contribution is -0.240. The van der Waals surface area contributed by atoms with E-state index in [1.807, 2.05) is 13.8 Å². The van der Waals surface area contributed by atoms with E-state index in [-0.39, 0.29) is 11.2 Å². The lowest BCUT2D eigenvalue weighted by Crippen LogP contribution is -2.59. The van der Waals surface area contributed by atoms with Crippen molar-refractivity contribution in [3.8, 4) is 0 Å². The van der Waals surface area contributed by atoms with E-state index >= 15 is 0 Å². The fourth-order valence-corrected chi connectivity index (χ4v) is 4.06. The number of ketones is 1. The highest BCUT2D eigenvalue weighted by atomic mass is 16.7. The Hall–Kier alpha value is -0.710. The van der Waals surface area contributed by atoms with E-state index in [9.17, 15) is 9.90 Å². The largest absolute Gasteiger partial charge is 0.392 e. The van der Waals surface area contributed by atoms with Crippen LogP contribution in [0.1, 0.15) is 40.0 Å². The topological polar surface area (TPSA) is 55.8 Å². The number of rotatable bonds is 0. The molecule has 3 rings (SSSR count). The number of carbonyl (C=O) groups is 1. The summed E-state index contributed by atoms with van der Waals surface area (Å²) in [6.45, 7) is 7.20. The van der Waals surface area contributed by atoms with E-state index in [0.29, 0.717) is 26.1 Å². The van der Waals surface area contributed by atoms with Gasteiger partial charge in [0.25, 0.3) is 0 Å². The minimum absolute atomic E-state index is 0.0385. The molecular weight excluding hydrogens is 244 g/mol. The minimum Gasteiger partial charge on any atom is -0.392 e. The number of hydrogen-bond acceptors (Lipinski definition) is 4. The number of aliphatic hydroxyl groups is 1. The molecule has 0 aromatic heterocycles. The van der Waals surface area contributed by atoms with Gasteiger partial charge in [-0.3, -0.25) is 4.79 Å². The van der Waals surface area contributed by atoms with Crippen molar-refractivity contribution in [3.05, 3.63) is 11.6 Å². The van der Waals surface area contributed by atoms with Crippen molar-refractivity contribution in [1.29, 1.82) is 0 Å². The van der Waals surface area contributed by atoms with Crippen LogP contribution in [0, 0.1) is 10.8 Å². The molecule has 4 heteroatoms. The lowest BCUT2D eigenvalue weighted by atomic mass is 9.53. The van der Waals surface area contributed by atoms with Gasteiger partial charge in [-0.1, -0.05) is 20.8 Å². The molecule has 0 bridgehead atoms. The Morgan fingerprint density at radius 2 is 1.89 bits per heavy atom. The number of fused-ring (bicyclic) bond motifs is 2. The predicted molar refractivity (Wildman–Crippen MR) is 69.5 cm³/mol. The third-order valence-electron chi connectivity index (χ3n) is 5.35. The summed E-state index contributed by atoms with van der Waals surface area (Å²) < 4.78 is 11.8. The lowest BCUT2D eigenvalue weighted by Gasteiger charge is -2.56. The zero-order valence-corrected chi connectivity index (χ0v) is 11.9. The molecule has 0 unspecified atom stereocenters. The van der Waals surface area contributed by atoms with Gasteiger partial charge < -0.3 is 14.6 Å². The number of allylic oxidation sites excluding steroid dienone is 1. The van der Waals surface area contributed by atoms with Gasteiger partial charge in [-0.2, -0.15) is 0 Å². The van der Waals surface area contributed by atoms with Gasteiger partial charge in [0.1, 0.15) is 0 Å². The molecule has 2 fully saturated rings. The van der Waals surface area contributed by atoms with Crippen molar-refractivity contribution in [1.82, 2.24) is 0 Å². The van der Waals surface area contributed by atoms with Gasteiger partial charge in [0.2, 0.25) is 0 Å². The molecule has 1 N–H and O–H groups in total. The highest BCUT2D eigenvalue weighted by Gasteiger charge is 2.62. The summed E-state index contributed by atoms with van der Waals surface area (Å²) in [7, 11) is 0. The van der Waals surface area contributed by atoms with Crippen LogP contribution in [0.15, 0.2) is 11.6 Å². The Morgan fingerprint density at radius 3 is 2.53 bits per heavy atom. The molecule has 1 saturated carbocycles. The van der Waals surface area contributed by atoms with Crippen molar-refractivity contribution in [3.63, 3.8) is 0 Å². The second kappa shape index (κ2) is 3.90. The van der Waals surface area contributed by atoms with E-state index in [4.69, 9.17) is 9.47 Å². The Labute approximate surface area is 113 Å². The first-order chi connectivity index (χ1) is 8.82. The molecule has 106 valence electrons. The van der Waals surface area contributed by atoms with Gasteiger partial charge in [-0.25, -0.2) is 0 Å². The van der Waals surface area contributed by atoms with E-state index in [1.165, 1.54) is 0 Å². The number of hydrogen-bond donors (Lipinski definition) is 1. The summed E-state index contributed by atoms with van der Waals surface area (Å²) in [5, 5.41) is 10.3. The normalized spacial score (nSPS) is 40.1. The molecule has 1 aliphatic heterocycles. The third kappa shape index (κ3) is 1.60.